The third kappa shape index (κ3) is 3.58. The number of urea groups is 1. The van der Waals surface area contributed by atoms with Crippen molar-refractivity contribution in [1.29, 1.82) is 0 Å². The summed E-state index contributed by atoms with van der Waals surface area (Å²) in [6.45, 7) is 1.36. The zero-order valence-electron chi connectivity index (χ0n) is 18.4. The third-order valence-corrected chi connectivity index (χ3v) is 8.24. The molecule has 1 unspecified atom stereocenters. The molecule has 4 heterocycles. The fraction of sp³-hybridized carbons (Fsp3) is 0.292. The summed E-state index contributed by atoms with van der Waals surface area (Å²) in [5, 5.41) is 9.27. The summed E-state index contributed by atoms with van der Waals surface area (Å²) in [4.78, 5) is 23.3. The number of benzene rings is 2. The zero-order valence-corrected chi connectivity index (χ0v) is 19.2. The number of halogens is 1. The first kappa shape index (κ1) is 21.0. The Labute approximate surface area is 198 Å². The first-order chi connectivity index (χ1) is 16.5. The maximum absolute atomic E-state index is 13.7. The first-order valence-corrected chi connectivity index (χ1v) is 12.6. The molecular weight excluding hydrogens is 455 g/mol. The van der Waals surface area contributed by atoms with Gasteiger partial charge in [0.15, 0.2) is 0 Å². The molecule has 1 saturated heterocycles. The van der Waals surface area contributed by atoms with Crippen LogP contribution in [0.25, 0.3) is 0 Å². The van der Waals surface area contributed by atoms with E-state index < -0.39 is 16.3 Å². The van der Waals surface area contributed by atoms with Crippen molar-refractivity contribution in [1.82, 2.24) is 10.3 Å². The van der Waals surface area contributed by atoms with Crippen LogP contribution in [0.4, 0.5) is 32.3 Å². The normalized spacial score (nSPS) is 20.3. The summed E-state index contributed by atoms with van der Waals surface area (Å²) in [6.07, 6.45) is 2.08. The van der Waals surface area contributed by atoms with Crippen LogP contribution in [0.3, 0.4) is 0 Å². The van der Waals surface area contributed by atoms with Crippen molar-refractivity contribution >= 4 is 40.0 Å². The predicted molar refractivity (Wildman–Crippen MR) is 127 cm³/mol. The lowest BCUT2D eigenvalue weighted by atomic mass is 9.79. The molecule has 6 rings (SSSR count). The number of amides is 2. The fourth-order valence-electron chi connectivity index (χ4n) is 5.12. The maximum atomic E-state index is 13.7. The second-order valence-corrected chi connectivity index (χ2v) is 10.3. The van der Waals surface area contributed by atoms with E-state index in [0.29, 0.717) is 47.6 Å². The number of aromatic amines is 1. The molecule has 0 bridgehead atoms. The van der Waals surface area contributed by atoms with Gasteiger partial charge < -0.3 is 10.6 Å². The standard InChI is InChI=1S/C24H23FN6O2S/c25-15-4-3-5-16(14-15)26-21-20-19(8-13-34(20)33)27-22(29-21)31-11-9-24(10-12-31)17-6-1-2-7-18(17)28-23(32)30-24/h1-7,14H,8-13H2,(H,26,27,29)(H2,28,30,32)/p+1. The molecule has 0 aliphatic carbocycles. The highest BCUT2D eigenvalue weighted by Gasteiger charge is 2.44. The average Bonchev–Trinajstić information content (AvgIpc) is 3.20. The number of carbonyl (C=O) groups excluding carboxylic acids is 1. The van der Waals surface area contributed by atoms with Crippen molar-refractivity contribution in [3.8, 4) is 0 Å². The number of rotatable bonds is 3. The smallest absolute Gasteiger partial charge is 0.328 e. The second kappa shape index (κ2) is 8.05. The summed E-state index contributed by atoms with van der Waals surface area (Å²) in [7, 11) is -1.16. The predicted octanol–water partition coefficient (Wildman–Crippen LogP) is 3.07. The molecule has 3 aromatic rings. The van der Waals surface area contributed by atoms with E-state index in [1.165, 1.54) is 12.1 Å². The number of fused-ring (bicyclic) bond motifs is 3. The molecule has 174 valence electrons. The average molecular weight is 480 g/mol. The van der Waals surface area contributed by atoms with Gasteiger partial charge in [0.25, 0.3) is 0 Å². The number of para-hydroxylation sites is 1. The van der Waals surface area contributed by atoms with Gasteiger partial charge >= 0.3 is 12.0 Å². The minimum absolute atomic E-state index is 0.182. The van der Waals surface area contributed by atoms with Gasteiger partial charge in [0, 0.05) is 42.3 Å². The Bertz CT molecular complexity index is 1320. The summed E-state index contributed by atoms with van der Waals surface area (Å²) in [5.74, 6) is 1.45. The number of piperidine rings is 1. The monoisotopic (exact) mass is 479 g/mol. The molecule has 2 aromatic carbocycles. The molecule has 10 heteroatoms. The van der Waals surface area contributed by atoms with Crippen molar-refractivity contribution in [2.45, 2.75) is 29.7 Å². The number of nitrogens with one attached hydrogen (secondary N) is 4. The number of anilines is 4. The van der Waals surface area contributed by atoms with Crippen LogP contribution in [0.15, 0.2) is 53.4 Å². The van der Waals surface area contributed by atoms with Crippen LogP contribution in [0, 0.1) is 5.82 Å². The molecule has 34 heavy (non-hydrogen) atoms. The van der Waals surface area contributed by atoms with Gasteiger partial charge in [-0.3, -0.25) is 14.4 Å². The van der Waals surface area contributed by atoms with E-state index in [0.717, 1.165) is 29.8 Å². The van der Waals surface area contributed by atoms with Gasteiger partial charge in [-0.15, -0.1) is 4.98 Å². The van der Waals surface area contributed by atoms with E-state index in [1.54, 1.807) is 12.1 Å². The fourth-order valence-corrected chi connectivity index (χ4v) is 6.44. The molecule has 4 N–H and O–H groups in total. The topological polar surface area (TPSA) is 100 Å². The highest BCUT2D eigenvalue weighted by atomic mass is 32.2. The van der Waals surface area contributed by atoms with Gasteiger partial charge in [-0.05, 0) is 18.2 Å². The van der Waals surface area contributed by atoms with Gasteiger partial charge in [-0.2, -0.15) is 0 Å². The maximum Gasteiger partial charge on any atom is 0.347 e. The highest BCUT2D eigenvalue weighted by molar-refractivity contribution is 7.85. The van der Waals surface area contributed by atoms with Gasteiger partial charge in [0.05, 0.1) is 35.1 Å². The third-order valence-electron chi connectivity index (χ3n) is 6.77. The second-order valence-electron chi connectivity index (χ2n) is 8.84. The molecule has 0 radical (unpaired) electrons. The Morgan fingerprint density at radius 2 is 1.97 bits per heavy atom. The van der Waals surface area contributed by atoms with Crippen molar-refractivity contribution in [3.63, 3.8) is 0 Å². The lowest BCUT2D eigenvalue weighted by Crippen LogP contribution is -2.57. The molecule has 0 saturated carbocycles. The molecule has 3 aliphatic rings. The molecule has 2 amide bonds. The Hall–Kier alpha value is -3.53. The number of H-pyrrole nitrogens is 1. The van der Waals surface area contributed by atoms with E-state index in [1.807, 2.05) is 18.2 Å². The van der Waals surface area contributed by atoms with Crippen molar-refractivity contribution in [2.75, 3.05) is 34.4 Å². The highest BCUT2D eigenvalue weighted by Crippen LogP contribution is 2.40. The Balaban J connectivity index is 1.30. The van der Waals surface area contributed by atoms with E-state index in [4.69, 9.17) is 4.98 Å². The minimum atomic E-state index is -1.16. The number of nitrogens with zero attached hydrogens (tertiary/aromatic N) is 2. The molecule has 1 atom stereocenters. The number of aryl methyl sites for hydroxylation is 1. The number of hydrogen-bond donors (Lipinski definition) is 3. The van der Waals surface area contributed by atoms with E-state index in [2.05, 4.69) is 31.9 Å². The molecular formula is C24H24FN6O2S+. The van der Waals surface area contributed by atoms with Gasteiger partial charge in [-0.1, -0.05) is 24.3 Å². The van der Waals surface area contributed by atoms with E-state index >= 15 is 0 Å². The van der Waals surface area contributed by atoms with Gasteiger partial charge in [0.1, 0.15) is 16.4 Å². The van der Waals surface area contributed by atoms with Crippen LogP contribution >= 0.6 is 0 Å². The van der Waals surface area contributed by atoms with Crippen molar-refractivity contribution < 1.29 is 18.4 Å². The number of carbonyl (C=O) groups is 1. The van der Waals surface area contributed by atoms with Gasteiger partial charge in [0.2, 0.25) is 5.82 Å². The Morgan fingerprint density at radius 1 is 1.15 bits per heavy atom. The quantitative estimate of drug-likeness (QED) is 0.536. The summed E-state index contributed by atoms with van der Waals surface area (Å²) >= 11 is 0. The van der Waals surface area contributed by atoms with Crippen LogP contribution < -0.4 is 25.8 Å². The Kier molecular flexibility index (Phi) is 4.98. The van der Waals surface area contributed by atoms with Crippen molar-refractivity contribution in [3.05, 3.63) is 65.6 Å². The lowest BCUT2D eigenvalue weighted by molar-refractivity contribution is -0.354. The molecule has 1 spiro atoms. The number of aromatic nitrogens is 2. The van der Waals surface area contributed by atoms with E-state index in [9.17, 15) is 13.4 Å². The van der Waals surface area contributed by atoms with Crippen LogP contribution in [0.1, 0.15) is 24.1 Å². The van der Waals surface area contributed by atoms with Crippen molar-refractivity contribution in [2.24, 2.45) is 0 Å². The zero-order chi connectivity index (χ0) is 23.3. The van der Waals surface area contributed by atoms with E-state index in [-0.39, 0.29) is 11.8 Å². The number of hydrogen-bond acceptors (Lipinski definition) is 5. The summed E-state index contributed by atoms with van der Waals surface area (Å²) in [5.41, 5.74) is 2.91. The summed E-state index contributed by atoms with van der Waals surface area (Å²) < 4.78 is 26.4. The van der Waals surface area contributed by atoms with Crippen LogP contribution in [-0.4, -0.2) is 34.1 Å². The first-order valence-electron chi connectivity index (χ1n) is 11.3. The Morgan fingerprint density at radius 3 is 2.79 bits per heavy atom. The SMILES string of the molecule is O=C1Nc2ccccc2C2(CCN(c3nc4c(c(Nc5cccc(F)c5)[nH+]3)S(=O)CC4)CC2)N1. The largest absolute Gasteiger partial charge is 0.347 e. The lowest BCUT2D eigenvalue weighted by Gasteiger charge is -2.44. The molecule has 3 aliphatic heterocycles. The summed E-state index contributed by atoms with van der Waals surface area (Å²) in [6, 6.07) is 13.9. The van der Waals surface area contributed by atoms with Crippen LogP contribution in [0.5, 0.6) is 0 Å². The molecule has 8 nitrogen and oxygen atoms in total. The molecule has 1 fully saturated rings. The minimum Gasteiger partial charge on any atom is -0.328 e. The van der Waals surface area contributed by atoms with Crippen LogP contribution in [0.2, 0.25) is 0 Å². The molecule has 1 aromatic heterocycles. The van der Waals surface area contributed by atoms with Gasteiger partial charge in [-0.25, -0.2) is 14.2 Å². The van der Waals surface area contributed by atoms with Crippen LogP contribution in [-0.2, 0) is 22.8 Å².